The molecule has 4 rings (SSSR count). The van der Waals surface area contributed by atoms with E-state index in [2.05, 4.69) is 0 Å². The lowest BCUT2D eigenvalue weighted by molar-refractivity contribution is -0.142. The molecule has 0 aromatic heterocycles. The molecule has 2 fully saturated rings. The van der Waals surface area contributed by atoms with Crippen molar-refractivity contribution in [3.63, 3.8) is 0 Å². The first kappa shape index (κ1) is 27.3. The molecule has 37 heavy (non-hydrogen) atoms. The second-order valence-corrected chi connectivity index (χ2v) is 10.2. The predicted octanol–water partition coefficient (Wildman–Crippen LogP) is 6.84. The normalized spacial score (nSPS) is 19.7. The molecule has 1 saturated carbocycles. The van der Waals surface area contributed by atoms with E-state index in [1.54, 1.807) is 17.9 Å². The molecular formula is C27H29F6NO3. The Morgan fingerprint density at radius 3 is 2.24 bits per heavy atom. The zero-order valence-corrected chi connectivity index (χ0v) is 20.4. The first-order valence-electron chi connectivity index (χ1n) is 12.2. The molecule has 202 valence electrons. The summed E-state index contributed by atoms with van der Waals surface area (Å²) >= 11 is 0. The highest BCUT2D eigenvalue weighted by molar-refractivity contribution is 5.71. The summed E-state index contributed by atoms with van der Waals surface area (Å²) in [6.45, 7) is 4.08. The maximum atomic E-state index is 13.4. The number of rotatable bonds is 9. The number of aliphatic carboxylic acids is 1. The van der Waals surface area contributed by atoms with Crippen molar-refractivity contribution in [3.8, 4) is 5.75 Å². The van der Waals surface area contributed by atoms with E-state index in [0.29, 0.717) is 43.0 Å². The van der Waals surface area contributed by atoms with E-state index >= 15 is 0 Å². The molecule has 1 aliphatic carbocycles. The van der Waals surface area contributed by atoms with Crippen LogP contribution in [0.5, 0.6) is 5.75 Å². The van der Waals surface area contributed by atoms with Gasteiger partial charge in [0.1, 0.15) is 11.9 Å². The van der Waals surface area contributed by atoms with Crippen molar-refractivity contribution in [3.05, 3.63) is 64.7 Å². The molecule has 0 bridgehead atoms. The molecule has 1 N–H and O–H groups in total. The fraction of sp³-hybridized carbons (Fsp3) is 0.519. The zero-order chi connectivity index (χ0) is 27.1. The van der Waals surface area contributed by atoms with Crippen LogP contribution in [0.25, 0.3) is 0 Å². The van der Waals surface area contributed by atoms with Gasteiger partial charge >= 0.3 is 18.3 Å². The number of alkyl halides is 6. The molecule has 10 heteroatoms. The Labute approximate surface area is 211 Å². The summed E-state index contributed by atoms with van der Waals surface area (Å²) in [4.78, 5) is 13.3. The Balaban J connectivity index is 1.39. The molecule has 3 atom stereocenters. The lowest BCUT2D eigenvalue weighted by Crippen LogP contribution is -2.52. The topological polar surface area (TPSA) is 49.8 Å². The third-order valence-corrected chi connectivity index (χ3v) is 7.40. The minimum Gasteiger partial charge on any atom is -0.490 e. The van der Waals surface area contributed by atoms with Gasteiger partial charge in [0.15, 0.2) is 0 Å². The third kappa shape index (κ3) is 6.40. The van der Waals surface area contributed by atoms with Gasteiger partial charge in [0.05, 0.1) is 17.0 Å². The van der Waals surface area contributed by atoms with Gasteiger partial charge in [-0.1, -0.05) is 19.1 Å². The Morgan fingerprint density at radius 2 is 1.68 bits per heavy atom. The standard InChI is InChI=1S/C27H29F6NO3/c1-15(25(35)36)24(17-6-7-17)18-4-3-5-22(11-18)37-16(2)20-13-34(14-20)12-19-10-21(26(28,29)30)8-9-23(19)27(31,32)33/h3-5,8-11,15-17,20,24H,6-7,12-14H2,1-2H3,(H,35,36)/t15-,16?,24?/m0/s1. The Kier molecular flexibility index (Phi) is 7.52. The maximum Gasteiger partial charge on any atom is 0.416 e. The van der Waals surface area contributed by atoms with E-state index in [-0.39, 0.29) is 24.5 Å². The molecule has 2 unspecified atom stereocenters. The monoisotopic (exact) mass is 529 g/mol. The summed E-state index contributed by atoms with van der Waals surface area (Å²) in [5.74, 6) is -0.578. The highest BCUT2D eigenvalue weighted by atomic mass is 19.4. The van der Waals surface area contributed by atoms with Crippen LogP contribution in [0.2, 0.25) is 0 Å². The molecule has 1 heterocycles. The average molecular weight is 530 g/mol. The smallest absolute Gasteiger partial charge is 0.416 e. The summed E-state index contributed by atoms with van der Waals surface area (Å²) in [7, 11) is 0. The third-order valence-electron chi connectivity index (χ3n) is 7.40. The number of ether oxygens (including phenoxy) is 1. The SMILES string of the molecule is CC(Oc1cccc(C(C2CC2)[C@H](C)C(=O)O)c1)C1CN(Cc2cc(C(F)(F)F)ccc2C(F)(F)F)C1. The summed E-state index contributed by atoms with van der Waals surface area (Å²) in [5, 5.41) is 9.51. The molecule has 4 nitrogen and oxygen atoms in total. The van der Waals surface area contributed by atoms with E-state index in [4.69, 9.17) is 4.74 Å². The first-order chi connectivity index (χ1) is 17.2. The number of halogens is 6. The quantitative estimate of drug-likeness (QED) is 0.362. The number of nitrogens with zero attached hydrogens (tertiary/aromatic N) is 1. The fourth-order valence-electron chi connectivity index (χ4n) is 5.14. The Bertz CT molecular complexity index is 1120. The summed E-state index contributed by atoms with van der Waals surface area (Å²) in [5.41, 5.74) is -1.67. The average Bonchev–Trinajstić information content (AvgIpc) is 3.59. The van der Waals surface area contributed by atoms with Crippen molar-refractivity contribution in [1.82, 2.24) is 4.90 Å². The minimum absolute atomic E-state index is 0.0130. The summed E-state index contributed by atoms with van der Waals surface area (Å²) in [6, 6.07) is 8.89. The Hall–Kier alpha value is -2.75. The van der Waals surface area contributed by atoms with Gasteiger partial charge < -0.3 is 9.84 Å². The van der Waals surface area contributed by atoms with Crippen molar-refractivity contribution < 1.29 is 41.0 Å². The van der Waals surface area contributed by atoms with Gasteiger partial charge in [-0.2, -0.15) is 26.3 Å². The second-order valence-electron chi connectivity index (χ2n) is 10.2. The Morgan fingerprint density at radius 1 is 1.00 bits per heavy atom. The molecular weight excluding hydrogens is 500 g/mol. The van der Waals surface area contributed by atoms with Gasteiger partial charge in [0, 0.05) is 25.6 Å². The molecule has 2 aromatic rings. The van der Waals surface area contributed by atoms with Crippen LogP contribution in [0.15, 0.2) is 42.5 Å². The van der Waals surface area contributed by atoms with Crippen LogP contribution in [0, 0.1) is 17.8 Å². The lowest BCUT2D eigenvalue weighted by Gasteiger charge is -2.42. The van der Waals surface area contributed by atoms with E-state index in [9.17, 15) is 36.2 Å². The first-order valence-corrected chi connectivity index (χ1v) is 12.2. The van der Waals surface area contributed by atoms with Crippen LogP contribution in [0.3, 0.4) is 0 Å². The summed E-state index contributed by atoms with van der Waals surface area (Å²) < 4.78 is 85.4. The van der Waals surface area contributed by atoms with Crippen LogP contribution >= 0.6 is 0 Å². The number of benzene rings is 2. The number of likely N-dealkylation sites (tertiary alicyclic amines) is 1. The molecule has 1 saturated heterocycles. The lowest BCUT2D eigenvalue weighted by atomic mass is 9.83. The second kappa shape index (κ2) is 10.2. The highest BCUT2D eigenvalue weighted by Crippen LogP contribution is 2.47. The van der Waals surface area contributed by atoms with Gasteiger partial charge in [0.25, 0.3) is 0 Å². The molecule has 1 aliphatic heterocycles. The van der Waals surface area contributed by atoms with Gasteiger partial charge in [-0.05, 0) is 73.1 Å². The fourth-order valence-corrected chi connectivity index (χ4v) is 5.14. The van der Waals surface area contributed by atoms with E-state index in [1.807, 2.05) is 25.1 Å². The van der Waals surface area contributed by atoms with Crippen LogP contribution in [-0.2, 0) is 23.7 Å². The largest absolute Gasteiger partial charge is 0.490 e. The number of carboxylic acids is 1. The highest BCUT2D eigenvalue weighted by Gasteiger charge is 2.40. The van der Waals surface area contributed by atoms with Crippen molar-refractivity contribution in [1.29, 1.82) is 0 Å². The van der Waals surface area contributed by atoms with Gasteiger partial charge in [-0.25, -0.2) is 0 Å². The number of carbonyl (C=O) groups is 1. The van der Waals surface area contributed by atoms with Crippen molar-refractivity contribution in [2.24, 2.45) is 17.8 Å². The van der Waals surface area contributed by atoms with Crippen molar-refractivity contribution in [2.45, 2.75) is 57.6 Å². The number of hydrogen-bond donors (Lipinski definition) is 1. The van der Waals surface area contributed by atoms with Crippen LogP contribution in [0.1, 0.15) is 54.9 Å². The molecule has 0 amide bonds. The van der Waals surface area contributed by atoms with Crippen LogP contribution in [0.4, 0.5) is 26.3 Å². The van der Waals surface area contributed by atoms with Gasteiger partial charge in [-0.3, -0.25) is 9.69 Å². The van der Waals surface area contributed by atoms with E-state index in [1.165, 1.54) is 0 Å². The maximum absolute atomic E-state index is 13.4. The summed E-state index contributed by atoms with van der Waals surface area (Å²) in [6.07, 6.45) is -7.78. The molecule has 0 radical (unpaired) electrons. The molecule has 2 aliphatic rings. The predicted molar refractivity (Wildman–Crippen MR) is 124 cm³/mol. The van der Waals surface area contributed by atoms with Gasteiger partial charge in [0.2, 0.25) is 0 Å². The van der Waals surface area contributed by atoms with E-state index < -0.39 is 40.9 Å². The number of carboxylic acid groups (broad SMARTS) is 1. The molecule has 2 aromatic carbocycles. The van der Waals surface area contributed by atoms with Crippen LogP contribution < -0.4 is 4.74 Å². The van der Waals surface area contributed by atoms with Crippen molar-refractivity contribution in [2.75, 3.05) is 13.1 Å². The minimum atomic E-state index is -4.75. The van der Waals surface area contributed by atoms with Gasteiger partial charge in [-0.15, -0.1) is 0 Å². The van der Waals surface area contributed by atoms with Crippen molar-refractivity contribution >= 4 is 5.97 Å². The zero-order valence-electron chi connectivity index (χ0n) is 20.4. The van der Waals surface area contributed by atoms with E-state index in [0.717, 1.165) is 18.4 Å². The number of hydrogen-bond acceptors (Lipinski definition) is 3. The molecule has 0 spiro atoms. The van der Waals surface area contributed by atoms with Crippen LogP contribution in [-0.4, -0.2) is 35.2 Å².